The monoisotopic (exact) mass is 250 g/mol. The van der Waals surface area contributed by atoms with Crippen LogP contribution in [-0.2, 0) is 4.79 Å². The number of rotatable bonds is 7. The Morgan fingerprint density at radius 1 is 1.28 bits per heavy atom. The highest BCUT2D eigenvalue weighted by Crippen LogP contribution is 2.22. The van der Waals surface area contributed by atoms with Crippen molar-refractivity contribution in [1.29, 1.82) is 0 Å². The van der Waals surface area contributed by atoms with Crippen molar-refractivity contribution < 1.29 is 19.4 Å². The third kappa shape index (κ3) is 4.20. The molecule has 1 rings (SSSR count). The summed E-state index contributed by atoms with van der Waals surface area (Å²) in [5, 5.41) is 8.54. The van der Waals surface area contributed by atoms with Crippen molar-refractivity contribution in [3.63, 3.8) is 0 Å². The number of ether oxygens (including phenoxy) is 1. The van der Waals surface area contributed by atoms with Gasteiger partial charge in [0.2, 0.25) is 0 Å². The Labute approximate surface area is 107 Å². The zero-order valence-corrected chi connectivity index (χ0v) is 10.7. The summed E-state index contributed by atoms with van der Waals surface area (Å²) in [5.41, 5.74) is 1.53. The van der Waals surface area contributed by atoms with Crippen LogP contribution in [0.25, 0.3) is 0 Å². The minimum atomic E-state index is -0.878. The maximum absolute atomic E-state index is 12.0. The molecule has 0 atom stereocenters. The number of carbonyl (C=O) groups excluding carboxylic acids is 1. The van der Waals surface area contributed by atoms with Crippen molar-refractivity contribution in [2.75, 3.05) is 6.61 Å². The fraction of sp³-hybridized carbons (Fsp3) is 0.429. The molecule has 4 heteroatoms. The van der Waals surface area contributed by atoms with Crippen LogP contribution in [0.2, 0.25) is 0 Å². The molecular formula is C14H18O4. The zero-order valence-electron chi connectivity index (χ0n) is 10.7. The average molecular weight is 250 g/mol. The third-order valence-corrected chi connectivity index (χ3v) is 2.53. The number of aryl methyl sites for hydroxylation is 1. The molecule has 0 aromatic heterocycles. The van der Waals surface area contributed by atoms with E-state index in [1.54, 1.807) is 12.1 Å². The maximum Gasteiger partial charge on any atom is 0.303 e. The second kappa shape index (κ2) is 6.79. The topological polar surface area (TPSA) is 63.6 Å². The van der Waals surface area contributed by atoms with Crippen molar-refractivity contribution >= 4 is 11.8 Å². The van der Waals surface area contributed by atoms with Gasteiger partial charge in [0.15, 0.2) is 5.78 Å². The number of ketones is 1. The summed E-state index contributed by atoms with van der Waals surface area (Å²) in [6.07, 6.45) is 0.602. The molecule has 0 unspecified atom stereocenters. The summed E-state index contributed by atoms with van der Waals surface area (Å²) in [7, 11) is 0. The quantitative estimate of drug-likeness (QED) is 0.756. The second-order valence-electron chi connectivity index (χ2n) is 4.10. The summed E-state index contributed by atoms with van der Waals surface area (Å²) in [5.74, 6) is -0.371. The van der Waals surface area contributed by atoms with Gasteiger partial charge in [-0.3, -0.25) is 9.59 Å². The van der Waals surface area contributed by atoms with E-state index in [1.165, 1.54) is 0 Å². The second-order valence-corrected chi connectivity index (χ2v) is 4.10. The highest BCUT2D eigenvalue weighted by atomic mass is 16.5. The molecule has 0 saturated carbocycles. The van der Waals surface area contributed by atoms with Crippen LogP contribution in [0, 0.1) is 6.92 Å². The van der Waals surface area contributed by atoms with Gasteiger partial charge >= 0.3 is 5.97 Å². The van der Waals surface area contributed by atoms with E-state index >= 15 is 0 Å². The molecule has 0 amide bonds. The number of carboxylic acids is 1. The van der Waals surface area contributed by atoms with E-state index < -0.39 is 5.97 Å². The standard InChI is InChI=1S/C14H18O4/c1-3-18-13-8-7-10(2)9-11(13)12(15)5-4-6-14(16)17/h7-9H,3-6H2,1-2H3,(H,16,17). The molecule has 0 aliphatic heterocycles. The number of carboxylic acid groups (broad SMARTS) is 1. The third-order valence-electron chi connectivity index (χ3n) is 2.53. The lowest BCUT2D eigenvalue weighted by Crippen LogP contribution is -2.05. The Kier molecular flexibility index (Phi) is 5.36. The lowest BCUT2D eigenvalue weighted by Gasteiger charge is -2.10. The van der Waals surface area contributed by atoms with Gasteiger partial charge in [0.05, 0.1) is 12.2 Å². The van der Waals surface area contributed by atoms with Gasteiger partial charge in [0.1, 0.15) is 5.75 Å². The summed E-state index contributed by atoms with van der Waals surface area (Å²) in [6, 6.07) is 5.45. The minimum Gasteiger partial charge on any atom is -0.493 e. The Hall–Kier alpha value is -1.84. The molecule has 0 saturated heterocycles. The first-order valence-corrected chi connectivity index (χ1v) is 6.03. The molecule has 18 heavy (non-hydrogen) atoms. The Bertz CT molecular complexity index is 437. The Morgan fingerprint density at radius 2 is 2.00 bits per heavy atom. The highest BCUT2D eigenvalue weighted by Gasteiger charge is 2.13. The molecule has 0 aliphatic rings. The van der Waals surface area contributed by atoms with E-state index in [0.717, 1.165) is 5.56 Å². The summed E-state index contributed by atoms with van der Waals surface area (Å²) in [6.45, 7) is 4.26. The van der Waals surface area contributed by atoms with Gasteiger partial charge in [-0.15, -0.1) is 0 Å². The number of hydrogen-bond donors (Lipinski definition) is 1. The van der Waals surface area contributed by atoms with Gasteiger partial charge < -0.3 is 9.84 Å². The first kappa shape index (κ1) is 14.2. The predicted octanol–water partition coefficient (Wildman–Crippen LogP) is 2.83. The smallest absolute Gasteiger partial charge is 0.303 e. The van der Waals surface area contributed by atoms with Gasteiger partial charge in [-0.05, 0) is 32.4 Å². The van der Waals surface area contributed by atoms with Crippen LogP contribution in [0.5, 0.6) is 5.75 Å². The summed E-state index contributed by atoms with van der Waals surface area (Å²) in [4.78, 5) is 22.4. The van der Waals surface area contributed by atoms with Crippen LogP contribution < -0.4 is 4.74 Å². The Balaban J connectivity index is 2.76. The van der Waals surface area contributed by atoms with Gasteiger partial charge in [-0.1, -0.05) is 11.6 Å². The van der Waals surface area contributed by atoms with E-state index in [9.17, 15) is 9.59 Å². The largest absolute Gasteiger partial charge is 0.493 e. The van der Waals surface area contributed by atoms with Crippen molar-refractivity contribution in [2.45, 2.75) is 33.1 Å². The summed E-state index contributed by atoms with van der Waals surface area (Å²) < 4.78 is 5.40. The van der Waals surface area contributed by atoms with Crippen molar-refractivity contribution in [1.82, 2.24) is 0 Å². The van der Waals surface area contributed by atoms with Crippen LogP contribution in [-0.4, -0.2) is 23.5 Å². The fourth-order valence-electron chi connectivity index (χ4n) is 1.68. The van der Waals surface area contributed by atoms with Gasteiger partial charge in [-0.25, -0.2) is 0 Å². The van der Waals surface area contributed by atoms with Crippen LogP contribution >= 0.6 is 0 Å². The molecule has 0 bridgehead atoms. The normalized spacial score (nSPS) is 10.1. The molecule has 0 radical (unpaired) electrons. The van der Waals surface area contributed by atoms with Gasteiger partial charge in [0, 0.05) is 12.8 Å². The number of benzene rings is 1. The molecule has 4 nitrogen and oxygen atoms in total. The molecule has 1 aromatic carbocycles. The number of hydrogen-bond acceptors (Lipinski definition) is 3. The predicted molar refractivity (Wildman–Crippen MR) is 68.2 cm³/mol. The van der Waals surface area contributed by atoms with Crippen molar-refractivity contribution in [3.8, 4) is 5.75 Å². The SMILES string of the molecule is CCOc1ccc(C)cc1C(=O)CCCC(=O)O. The minimum absolute atomic E-state index is 0.0154. The van der Waals surface area contributed by atoms with Crippen LogP contribution in [0.3, 0.4) is 0 Å². The van der Waals surface area contributed by atoms with E-state index in [-0.39, 0.29) is 18.6 Å². The molecule has 0 fully saturated rings. The average Bonchev–Trinajstić information content (AvgIpc) is 2.31. The molecule has 98 valence electrons. The number of carbonyl (C=O) groups is 2. The van der Waals surface area contributed by atoms with E-state index in [1.807, 2.05) is 19.9 Å². The van der Waals surface area contributed by atoms with Crippen LogP contribution in [0.15, 0.2) is 18.2 Å². The lowest BCUT2D eigenvalue weighted by atomic mass is 10.0. The molecular weight excluding hydrogens is 232 g/mol. The van der Waals surface area contributed by atoms with Gasteiger partial charge in [-0.2, -0.15) is 0 Å². The maximum atomic E-state index is 12.0. The fourth-order valence-corrected chi connectivity index (χ4v) is 1.68. The first-order chi connectivity index (χ1) is 8.54. The van der Waals surface area contributed by atoms with Crippen LogP contribution in [0.4, 0.5) is 0 Å². The van der Waals surface area contributed by atoms with Gasteiger partial charge in [0.25, 0.3) is 0 Å². The summed E-state index contributed by atoms with van der Waals surface area (Å²) >= 11 is 0. The highest BCUT2D eigenvalue weighted by molar-refractivity contribution is 5.99. The van der Waals surface area contributed by atoms with E-state index in [2.05, 4.69) is 0 Å². The van der Waals surface area contributed by atoms with Crippen molar-refractivity contribution in [2.24, 2.45) is 0 Å². The Morgan fingerprint density at radius 3 is 2.61 bits per heavy atom. The first-order valence-electron chi connectivity index (χ1n) is 6.03. The lowest BCUT2D eigenvalue weighted by molar-refractivity contribution is -0.137. The molecule has 1 aromatic rings. The number of aliphatic carboxylic acids is 1. The zero-order chi connectivity index (χ0) is 13.5. The molecule has 1 N–H and O–H groups in total. The molecule has 0 aliphatic carbocycles. The number of Topliss-reactive ketones (excluding diaryl/α,β-unsaturated/α-hetero) is 1. The molecule has 0 spiro atoms. The van der Waals surface area contributed by atoms with Crippen molar-refractivity contribution in [3.05, 3.63) is 29.3 Å². The van der Waals surface area contributed by atoms with Crippen LogP contribution in [0.1, 0.15) is 42.1 Å². The van der Waals surface area contributed by atoms with E-state index in [0.29, 0.717) is 24.3 Å². The molecule has 0 heterocycles. The van der Waals surface area contributed by atoms with E-state index in [4.69, 9.17) is 9.84 Å².